The predicted octanol–water partition coefficient (Wildman–Crippen LogP) is 2.93. The van der Waals surface area contributed by atoms with Crippen molar-refractivity contribution in [2.24, 2.45) is 0 Å². The Labute approximate surface area is 180 Å². The third-order valence-electron chi connectivity index (χ3n) is 5.63. The van der Waals surface area contributed by atoms with E-state index in [1.165, 1.54) is 0 Å². The van der Waals surface area contributed by atoms with Crippen LogP contribution in [0.1, 0.15) is 33.6 Å². The number of piperidine rings is 1. The van der Waals surface area contributed by atoms with Crippen molar-refractivity contribution in [3.63, 3.8) is 0 Å². The van der Waals surface area contributed by atoms with Crippen LogP contribution in [0.5, 0.6) is 0 Å². The topological polar surface area (TPSA) is 150 Å². The fourth-order valence-electron chi connectivity index (χ4n) is 4.33. The summed E-state index contributed by atoms with van der Waals surface area (Å²) < 4.78 is 0. The van der Waals surface area contributed by atoms with Gasteiger partial charge in [0, 0.05) is 35.6 Å². The molecule has 0 unspecified atom stereocenters. The molecule has 2 aromatic heterocycles. The van der Waals surface area contributed by atoms with Gasteiger partial charge in [-0.25, -0.2) is 9.78 Å². The van der Waals surface area contributed by atoms with Crippen LogP contribution in [0.4, 0.5) is 22.4 Å². The number of nitrogen functional groups attached to an aromatic ring is 2. The number of aromatic nitrogens is 4. The van der Waals surface area contributed by atoms with Gasteiger partial charge in [0.2, 0.25) is 5.95 Å². The lowest BCUT2D eigenvalue weighted by Gasteiger charge is -2.44. The molecule has 1 aromatic carbocycles. The van der Waals surface area contributed by atoms with E-state index in [0.717, 1.165) is 35.9 Å². The third kappa shape index (κ3) is 4.05. The summed E-state index contributed by atoms with van der Waals surface area (Å²) in [6, 6.07) is 7.50. The Bertz CT molecular complexity index is 1120. The SMILES string of the molecule is CC(C)(C)N(C(=O)O)[C@@H]1CCCN(c2cc(-c3ccc4c(N)n[nH]c4c3)nc(N)n2)C1. The summed E-state index contributed by atoms with van der Waals surface area (Å²) >= 11 is 0. The lowest BCUT2D eigenvalue weighted by atomic mass is 9.97. The van der Waals surface area contributed by atoms with Gasteiger partial charge in [0.05, 0.1) is 17.3 Å². The number of rotatable bonds is 3. The molecule has 31 heavy (non-hydrogen) atoms. The quantitative estimate of drug-likeness (QED) is 0.501. The lowest BCUT2D eigenvalue weighted by Crippen LogP contribution is -2.57. The smallest absolute Gasteiger partial charge is 0.408 e. The molecule has 1 aliphatic rings. The lowest BCUT2D eigenvalue weighted by molar-refractivity contribution is 0.0647. The van der Waals surface area contributed by atoms with Crippen LogP contribution in [-0.4, -0.2) is 60.9 Å². The summed E-state index contributed by atoms with van der Waals surface area (Å²) in [5, 5.41) is 17.6. The summed E-state index contributed by atoms with van der Waals surface area (Å²) in [5.74, 6) is 1.31. The van der Waals surface area contributed by atoms with Crippen LogP contribution in [0.2, 0.25) is 0 Å². The van der Waals surface area contributed by atoms with E-state index in [1.54, 1.807) is 4.90 Å². The van der Waals surface area contributed by atoms with Crippen molar-refractivity contribution in [2.75, 3.05) is 29.5 Å². The van der Waals surface area contributed by atoms with Crippen molar-refractivity contribution in [2.45, 2.75) is 45.2 Å². The van der Waals surface area contributed by atoms with Gasteiger partial charge in [-0.15, -0.1) is 0 Å². The minimum absolute atomic E-state index is 0.129. The van der Waals surface area contributed by atoms with Crippen molar-refractivity contribution in [3.05, 3.63) is 24.3 Å². The van der Waals surface area contributed by atoms with E-state index in [9.17, 15) is 9.90 Å². The van der Waals surface area contributed by atoms with Gasteiger partial charge in [-0.1, -0.05) is 6.07 Å². The molecule has 0 aliphatic carbocycles. The largest absolute Gasteiger partial charge is 0.465 e. The zero-order valence-electron chi connectivity index (χ0n) is 18.0. The van der Waals surface area contributed by atoms with Gasteiger partial charge in [-0.2, -0.15) is 10.1 Å². The van der Waals surface area contributed by atoms with Crippen molar-refractivity contribution in [3.8, 4) is 11.3 Å². The molecule has 1 atom stereocenters. The maximum Gasteiger partial charge on any atom is 0.408 e. The summed E-state index contributed by atoms with van der Waals surface area (Å²) in [6.07, 6.45) is 0.767. The summed E-state index contributed by atoms with van der Waals surface area (Å²) in [7, 11) is 0. The number of H-pyrrole nitrogens is 1. The van der Waals surface area contributed by atoms with Gasteiger partial charge in [-0.05, 0) is 45.7 Å². The molecule has 4 rings (SSSR count). The Morgan fingerprint density at radius 2 is 2.03 bits per heavy atom. The van der Waals surface area contributed by atoms with Crippen LogP contribution >= 0.6 is 0 Å². The van der Waals surface area contributed by atoms with Gasteiger partial charge in [0.25, 0.3) is 0 Å². The number of carboxylic acid groups (broad SMARTS) is 1. The number of nitrogens with zero attached hydrogens (tertiary/aromatic N) is 5. The Balaban J connectivity index is 1.65. The molecule has 1 saturated heterocycles. The first-order valence-corrected chi connectivity index (χ1v) is 10.3. The van der Waals surface area contributed by atoms with Gasteiger partial charge >= 0.3 is 6.09 Å². The number of anilines is 3. The first kappa shape index (κ1) is 20.7. The molecule has 1 aliphatic heterocycles. The molecule has 1 fully saturated rings. The molecule has 1 amide bonds. The molecular formula is C21H28N8O2. The van der Waals surface area contributed by atoms with Crippen LogP contribution in [0.25, 0.3) is 22.2 Å². The van der Waals surface area contributed by atoms with Crippen LogP contribution in [0, 0.1) is 0 Å². The zero-order valence-corrected chi connectivity index (χ0v) is 18.0. The molecule has 10 heteroatoms. The van der Waals surface area contributed by atoms with E-state index in [2.05, 4.69) is 25.1 Å². The predicted molar refractivity (Wildman–Crippen MR) is 121 cm³/mol. The van der Waals surface area contributed by atoms with E-state index in [1.807, 2.05) is 45.0 Å². The molecule has 3 aromatic rings. The first-order valence-electron chi connectivity index (χ1n) is 10.3. The molecule has 0 spiro atoms. The molecule has 3 heterocycles. The molecule has 164 valence electrons. The van der Waals surface area contributed by atoms with Gasteiger partial charge in [-0.3, -0.25) is 10.00 Å². The molecule has 0 saturated carbocycles. The minimum atomic E-state index is -0.908. The third-order valence-corrected chi connectivity index (χ3v) is 5.63. The average Bonchev–Trinajstić information content (AvgIpc) is 3.07. The Hall–Kier alpha value is -3.56. The summed E-state index contributed by atoms with van der Waals surface area (Å²) in [6.45, 7) is 7.08. The molecule has 6 N–H and O–H groups in total. The van der Waals surface area contributed by atoms with E-state index in [-0.39, 0.29) is 12.0 Å². The van der Waals surface area contributed by atoms with Gasteiger partial charge in [0.1, 0.15) is 5.82 Å². The summed E-state index contributed by atoms with van der Waals surface area (Å²) in [5.41, 5.74) is 13.8. The maximum atomic E-state index is 11.9. The number of hydrogen-bond donors (Lipinski definition) is 4. The molecule has 10 nitrogen and oxygen atoms in total. The second-order valence-corrected chi connectivity index (χ2v) is 8.90. The van der Waals surface area contributed by atoms with E-state index in [4.69, 9.17) is 11.5 Å². The number of benzene rings is 1. The standard InChI is InChI=1S/C21H28N8O2/c1-21(2,3)29(20(30)31)13-5-4-8-28(11-13)17-10-15(24-19(23)25-17)12-6-7-14-16(9-12)26-27-18(14)22/h6-7,9-10,13H,4-5,8,11H2,1-3H3,(H,30,31)(H3,22,26,27)(H2,23,24,25)/t13-/m1/s1. The van der Waals surface area contributed by atoms with E-state index < -0.39 is 11.6 Å². The highest BCUT2D eigenvalue weighted by Gasteiger charge is 2.36. The van der Waals surface area contributed by atoms with Gasteiger partial charge in [0.15, 0.2) is 5.82 Å². The van der Waals surface area contributed by atoms with Gasteiger partial charge < -0.3 is 21.5 Å². The van der Waals surface area contributed by atoms with Crippen LogP contribution in [-0.2, 0) is 0 Å². The fourth-order valence-corrected chi connectivity index (χ4v) is 4.33. The average molecular weight is 425 g/mol. The minimum Gasteiger partial charge on any atom is -0.465 e. The van der Waals surface area contributed by atoms with Crippen molar-refractivity contribution >= 4 is 34.6 Å². The maximum absolute atomic E-state index is 11.9. The highest BCUT2D eigenvalue weighted by molar-refractivity contribution is 5.91. The second-order valence-electron chi connectivity index (χ2n) is 8.90. The number of carbonyl (C=O) groups is 1. The Morgan fingerprint density at radius 1 is 1.26 bits per heavy atom. The van der Waals surface area contributed by atoms with Crippen LogP contribution in [0.15, 0.2) is 24.3 Å². The van der Waals surface area contributed by atoms with Crippen LogP contribution < -0.4 is 16.4 Å². The number of fused-ring (bicyclic) bond motifs is 1. The first-order chi connectivity index (χ1) is 14.6. The Kier molecular flexibility index (Phi) is 5.08. The zero-order chi connectivity index (χ0) is 22.3. The normalized spacial score (nSPS) is 17.1. The van der Waals surface area contributed by atoms with E-state index >= 15 is 0 Å². The number of nitrogens with one attached hydrogen (secondary N) is 1. The number of hydrogen-bond acceptors (Lipinski definition) is 7. The number of amides is 1. The van der Waals surface area contributed by atoms with Crippen molar-refractivity contribution in [1.29, 1.82) is 0 Å². The fraction of sp³-hybridized carbons (Fsp3) is 0.429. The second kappa shape index (κ2) is 7.60. The number of aromatic amines is 1. The van der Waals surface area contributed by atoms with E-state index in [0.29, 0.717) is 23.9 Å². The Morgan fingerprint density at radius 3 is 2.74 bits per heavy atom. The summed E-state index contributed by atoms with van der Waals surface area (Å²) in [4.78, 5) is 24.4. The molecule has 0 bridgehead atoms. The highest BCUT2D eigenvalue weighted by Crippen LogP contribution is 2.30. The van der Waals surface area contributed by atoms with Crippen molar-refractivity contribution < 1.29 is 9.90 Å². The monoisotopic (exact) mass is 424 g/mol. The van der Waals surface area contributed by atoms with Crippen LogP contribution in [0.3, 0.4) is 0 Å². The molecular weight excluding hydrogens is 396 g/mol. The number of nitrogens with two attached hydrogens (primary N) is 2. The molecule has 0 radical (unpaired) electrons. The highest BCUT2D eigenvalue weighted by atomic mass is 16.4. The van der Waals surface area contributed by atoms with Crippen molar-refractivity contribution in [1.82, 2.24) is 25.1 Å².